The molecule has 0 saturated heterocycles. The minimum Gasteiger partial charge on any atom is -0.475 e. The molecule has 1 heterocycles. The van der Waals surface area contributed by atoms with Gasteiger partial charge in [0.1, 0.15) is 0 Å². The number of hydrogen-bond acceptors (Lipinski definition) is 4. The largest absolute Gasteiger partial charge is 0.475 e. The topological polar surface area (TPSA) is 86.3 Å². The zero-order valence-electron chi connectivity index (χ0n) is 9.38. The highest BCUT2D eigenvalue weighted by Crippen LogP contribution is 2.14. The Morgan fingerprint density at radius 3 is 2.56 bits per heavy atom. The number of nitrogens with zero attached hydrogens (tertiary/aromatic N) is 1. The molecule has 2 N–H and O–H groups in total. The molecule has 5 nitrogen and oxygen atoms in total. The van der Waals surface area contributed by atoms with Gasteiger partial charge in [-0.05, 0) is 23.8 Å². The number of carboxylic acids is 1. The van der Waals surface area contributed by atoms with E-state index in [9.17, 15) is 4.79 Å². The van der Waals surface area contributed by atoms with Crippen molar-refractivity contribution in [1.82, 2.24) is 0 Å². The van der Waals surface area contributed by atoms with Gasteiger partial charge in [-0.2, -0.15) is 5.26 Å². The molecule has 0 aliphatic heterocycles. The Kier molecular flexibility index (Phi) is 3.30. The maximum atomic E-state index is 10.6. The molecule has 0 unspecified atom stereocenters. The van der Waals surface area contributed by atoms with Crippen LogP contribution in [-0.2, 0) is 6.54 Å². The van der Waals surface area contributed by atoms with Crippen LogP contribution in [0.2, 0.25) is 0 Å². The minimum absolute atomic E-state index is 0.0997. The van der Waals surface area contributed by atoms with E-state index in [0.29, 0.717) is 18.0 Å². The third-order valence-corrected chi connectivity index (χ3v) is 2.37. The zero-order valence-corrected chi connectivity index (χ0v) is 9.38. The van der Waals surface area contributed by atoms with Gasteiger partial charge in [0.05, 0.1) is 11.6 Å². The normalized spacial score (nSPS) is 9.72. The predicted molar refractivity (Wildman–Crippen MR) is 64.2 cm³/mol. The lowest BCUT2D eigenvalue weighted by molar-refractivity contribution is 0.0663. The van der Waals surface area contributed by atoms with Crippen LogP contribution in [0.5, 0.6) is 0 Å². The quantitative estimate of drug-likeness (QED) is 0.860. The van der Waals surface area contributed by atoms with Crippen molar-refractivity contribution in [3.63, 3.8) is 0 Å². The summed E-state index contributed by atoms with van der Waals surface area (Å²) in [6.45, 7) is 0.498. The van der Waals surface area contributed by atoms with E-state index in [0.717, 1.165) is 5.56 Å². The Bertz CT molecular complexity index is 593. The molecule has 0 fully saturated rings. The van der Waals surface area contributed by atoms with Crippen LogP contribution in [0.4, 0.5) is 5.88 Å². The van der Waals surface area contributed by atoms with Gasteiger partial charge >= 0.3 is 5.97 Å². The van der Waals surface area contributed by atoms with Gasteiger partial charge in [0.2, 0.25) is 5.76 Å². The molecule has 2 aromatic rings. The van der Waals surface area contributed by atoms with Crippen molar-refractivity contribution in [2.45, 2.75) is 6.54 Å². The van der Waals surface area contributed by atoms with Gasteiger partial charge in [0.15, 0.2) is 5.88 Å². The van der Waals surface area contributed by atoms with E-state index >= 15 is 0 Å². The van der Waals surface area contributed by atoms with Gasteiger partial charge < -0.3 is 14.8 Å². The van der Waals surface area contributed by atoms with Crippen molar-refractivity contribution in [2.75, 3.05) is 5.32 Å². The van der Waals surface area contributed by atoms with E-state index in [2.05, 4.69) is 5.32 Å². The molecule has 90 valence electrons. The summed E-state index contributed by atoms with van der Waals surface area (Å²) in [5.74, 6) is -0.796. The molecule has 5 heteroatoms. The minimum atomic E-state index is -1.10. The van der Waals surface area contributed by atoms with Crippen LogP contribution < -0.4 is 5.32 Å². The second-order valence-electron chi connectivity index (χ2n) is 3.63. The van der Waals surface area contributed by atoms with Crippen LogP contribution in [0.1, 0.15) is 21.7 Å². The number of furan rings is 1. The average Bonchev–Trinajstić information content (AvgIpc) is 2.86. The summed E-state index contributed by atoms with van der Waals surface area (Å²) >= 11 is 0. The fourth-order valence-electron chi connectivity index (χ4n) is 1.43. The van der Waals surface area contributed by atoms with Crippen LogP contribution in [0.15, 0.2) is 40.8 Å². The number of hydrogen-bond donors (Lipinski definition) is 2. The number of carbonyl (C=O) groups is 1. The summed E-state index contributed by atoms with van der Waals surface area (Å²) < 4.78 is 5.05. The Hall–Kier alpha value is -2.74. The molecule has 0 atom stereocenters. The van der Waals surface area contributed by atoms with Gasteiger partial charge in [-0.15, -0.1) is 0 Å². The Labute approximate surface area is 103 Å². The van der Waals surface area contributed by atoms with Gasteiger partial charge in [-0.25, -0.2) is 4.79 Å². The van der Waals surface area contributed by atoms with Crippen LogP contribution in [0.25, 0.3) is 0 Å². The van der Waals surface area contributed by atoms with Crippen LogP contribution in [0.3, 0.4) is 0 Å². The van der Waals surface area contributed by atoms with Crippen molar-refractivity contribution in [2.24, 2.45) is 0 Å². The van der Waals surface area contributed by atoms with E-state index in [1.165, 1.54) is 6.07 Å². The summed E-state index contributed by atoms with van der Waals surface area (Å²) in [6.07, 6.45) is 0. The summed E-state index contributed by atoms with van der Waals surface area (Å²) in [5, 5.41) is 20.3. The second-order valence-corrected chi connectivity index (χ2v) is 3.63. The number of nitrogens with one attached hydrogen (secondary N) is 1. The molecule has 18 heavy (non-hydrogen) atoms. The molecule has 0 amide bonds. The maximum Gasteiger partial charge on any atom is 0.371 e. The van der Waals surface area contributed by atoms with E-state index in [1.54, 1.807) is 18.2 Å². The number of carboxylic acid groups (broad SMARTS) is 1. The van der Waals surface area contributed by atoms with Crippen LogP contribution in [-0.4, -0.2) is 11.1 Å². The Morgan fingerprint density at radius 1 is 1.28 bits per heavy atom. The molecular weight excluding hydrogens is 232 g/mol. The molecule has 0 radical (unpaired) electrons. The third-order valence-electron chi connectivity index (χ3n) is 2.37. The Balaban J connectivity index is 1.98. The monoisotopic (exact) mass is 242 g/mol. The van der Waals surface area contributed by atoms with Crippen molar-refractivity contribution in [3.05, 3.63) is 53.3 Å². The van der Waals surface area contributed by atoms with E-state index in [4.69, 9.17) is 14.8 Å². The van der Waals surface area contributed by atoms with Crippen LogP contribution in [0, 0.1) is 11.3 Å². The average molecular weight is 242 g/mol. The molecule has 0 bridgehead atoms. The molecule has 1 aromatic heterocycles. The summed E-state index contributed by atoms with van der Waals surface area (Å²) in [5.41, 5.74) is 1.58. The Morgan fingerprint density at radius 2 is 2.00 bits per heavy atom. The number of nitriles is 1. The van der Waals surface area contributed by atoms with E-state index < -0.39 is 5.97 Å². The molecular formula is C13H10N2O3. The van der Waals surface area contributed by atoms with Gasteiger partial charge in [0, 0.05) is 12.6 Å². The third kappa shape index (κ3) is 2.68. The highest BCUT2D eigenvalue weighted by molar-refractivity contribution is 5.84. The summed E-state index contributed by atoms with van der Waals surface area (Å²) in [6, 6.07) is 12.1. The molecule has 2 rings (SSSR count). The van der Waals surface area contributed by atoms with E-state index in [-0.39, 0.29) is 5.76 Å². The maximum absolute atomic E-state index is 10.6. The second kappa shape index (κ2) is 5.06. The molecule has 0 saturated carbocycles. The van der Waals surface area contributed by atoms with Crippen molar-refractivity contribution in [1.29, 1.82) is 5.26 Å². The number of rotatable bonds is 4. The van der Waals surface area contributed by atoms with E-state index in [1.807, 2.05) is 18.2 Å². The van der Waals surface area contributed by atoms with Gasteiger partial charge in [-0.3, -0.25) is 0 Å². The van der Waals surface area contributed by atoms with Crippen molar-refractivity contribution in [3.8, 4) is 6.07 Å². The summed E-state index contributed by atoms with van der Waals surface area (Å²) in [4.78, 5) is 10.6. The highest BCUT2D eigenvalue weighted by Gasteiger charge is 2.08. The van der Waals surface area contributed by atoms with Gasteiger partial charge in [-0.1, -0.05) is 12.1 Å². The fraction of sp³-hybridized carbons (Fsp3) is 0.0769. The number of benzene rings is 1. The lowest BCUT2D eigenvalue weighted by atomic mass is 10.1. The fourth-order valence-corrected chi connectivity index (χ4v) is 1.43. The highest BCUT2D eigenvalue weighted by atomic mass is 16.4. The first kappa shape index (κ1) is 11.7. The molecule has 0 aliphatic rings. The SMILES string of the molecule is N#Cc1ccc(CNc2ccc(C(=O)O)o2)cc1. The first-order valence-corrected chi connectivity index (χ1v) is 5.25. The summed E-state index contributed by atoms with van der Waals surface area (Å²) in [7, 11) is 0. The smallest absolute Gasteiger partial charge is 0.371 e. The number of anilines is 1. The first-order valence-electron chi connectivity index (χ1n) is 5.25. The van der Waals surface area contributed by atoms with Crippen molar-refractivity contribution >= 4 is 11.9 Å². The standard InChI is InChI=1S/C13H10N2O3/c14-7-9-1-3-10(4-2-9)8-15-12-6-5-11(18-12)13(16)17/h1-6,15H,8H2,(H,16,17). The lowest BCUT2D eigenvalue weighted by Crippen LogP contribution is -1.98. The number of aromatic carboxylic acids is 1. The molecule has 0 spiro atoms. The van der Waals surface area contributed by atoms with Crippen LogP contribution >= 0.6 is 0 Å². The van der Waals surface area contributed by atoms with Gasteiger partial charge in [0.25, 0.3) is 0 Å². The lowest BCUT2D eigenvalue weighted by Gasteiger charge is -2.02. The molecule has 0 aliphatic carbocycles. The predicted octanol–water partition coefficient (Wildman–Crippen LogP) is 2.46. The van der Waals surface area contributed by atoms with Crippen molar-refractivity contribution < 1.29 is 14.3 Å². The zero-order chi connectivity index (χ0) is 13.0. The molecule has 1 aromatic carbocycles. The first-order chi connectivity index (χ1) is 8.69.